The SMILES string of the molecule is Cc1ccnc(-n2c3[c-]c(Oc4[c-]c(-n5nc(N(C)C)c(-c6c(C)ccc(C)c6C)c5N(C)C)ccc4)ccc3c3ccccc32)c1.[Pt+2]. The zero-order valence-corrected chi connectivity index (χ0v) is 30.8. The van der Waals surface area contributed by atoms with Crippen molar-refractivity contribution in [1.82, 2.24) is 19.3 Å². The molecule has 0 atom stereocenters. The number of rotatable bonds is 7. The Labute approximate surface area is 296 Å². The fourth-order valence-corrected chi connectivity index (χ4v) is 6.40. The molecule has 3 aromatic heterocycles. The fraction of sp³-hybridized carbons (Fsp3) is 0.200. The molecule has 7 rings (SSSR count). The van der Waals surface area contributed by atoms with Gasteiger partial charge in [0.05, 0.1) is 5.56 Å². The topological polar surface area (TPSA) is 51.4 Å². The van der Waals surface area contributed by atoms with Crippen LogP contribution in [0.25, 0.3) is 44.4 Å². The molecule has 3 heterocycles. The first-order valence-corrected chi connectivity index (χ1v) is 15.8. The molecule has 0 saturated carbocycles. The number of ether oxygens (including phenoxy) is 1. The minimum Gasteiger partial charge on any atom is -0.509 e. The van der Waals surface area contributed by atoms with Crippen molar-refractivity contribution in [2.24, 2.45) is 0 Å². The number of fused-ring (bicyclic) bond motifs is 3. The maximum absolute atomic E-state index is 6.47. The standard InChI is InChI=1S/C40H38N6O.Pt/c1-25-20-21-41-36(22-25)45-34-15-10-9-14-32(34)33-19-18-31(24-35(33)45)47-30-13-11-12-29(23-30)46-40(44(7)8)38(39(42-46)43(5)6)37-27(3)17-16-26(2)28(37)4;/h9-22H,1-8H3;/q-2;+2. The molecule has 0 N–H and O–H groups in total. The van der Waals surface area contributed by atoms with E-state index < -0.39 is 0 Å². The number of para-hydroxylation sites is 1. The van der Waals surface area contributed by atoms with Crippen LogP contribution in [0.5, 0.6) is 11.5 Å². The Hall–Kier alpha value is -4.87. The van der Waals surface area contributed by atoms with Crippen molar-refractivity contribution in [2.45, 2.75) is 27.7 Å². The molecular formula is C40H38N6OPt. The summed E-state index contributed by atoms with van der Waals surface area (Å²) in [4.78, 5) is 8.90. The van der Waals surface area contributed by atoms with E-state index in [1.807, 2.05) is 55.3 Å². The van der Waals surface area contributed by atoms with E-state index in [1.54, 1.807) is 0 Å². The maximum atomic E-state index is 6.47. The normalized spacial score (nSPS) is 11.2. The molecule has 0 saturated heterocycles. The number of aryl methyl sites for hydroxylation is 3. The molecule has 0 aliphatic heterocycles. The van der Waals surface area contributed by atoms with Gasteiger partial charge in [-0.3, -0.25) is 0 Å². The maximum Gasteiger partial charge on any atom is 2.00 e. The van der Waals surface area contributed by atoms with Crippen molar-refractivity contribution in [2.75, 3.05) is 38.0 Å². The van der Waals surface area contributed by atoms with Gasteiger partial charge in [-0.2, -0.15) is 12.1 Å². The quantitative estimate of drug-likeness (QED) is 0.151. The Bertz CT molecular complexity index is 2300. The minimum absolute atomic E-state index is 0. The second-order valence-electron chi connectivity index (χ2n) is 12.6. The number of pyridine rings is 1. The van der Waals surface area contributed by atoms with Gasteiger partial charge in [0.15, 0.2) is 5.82 Å². The minimum atomic E-state index is 0. The average molecular weight is 814 g/mol. The largest absolute Gasteiger partial charge is 2.00 e. The summed E-state index contributed by atoms with van der Waals surface area (Å²) < 4.78 is 10.6. The summed E-state index contributed by atoms with van der Waals surface area (Å²) in [7, 11) is 8.20. The fourth-order valence-electron chi connectivity index (χ4n) is 6.40. The molecule has 8 heteroatoms. The molecule has 244 valence electrons. The van der Waals surface area contributed by atoms with Gasteiger partial charge < -0.3 is 19.1 Å². The third-order valence-corrected chi connectivity index (χ3v) is 8.77. The van der Waals surface area contributed by atoms with Gasteiger partial charge in [0, 0.05) is 51.4 Å². The van der Waals surface area contributed by atoms with Crippen LogP contribution in [0.15, 0.2) is 85.1 Å². The predicted octanol–water partition coefficient (Wildman–Crippen LogP) is 8.79. The van der Waals surface area contributed by atoms with Crippen LogP contribution >= 0.6 is 0 Å². The first kappa shape index (κ1) is 33.0. The van der Waals surface area contributed by atoms with Crippen LogP contribution in [0.1, 0.15) is 22.3 Å². The van der Waals surface area contributed by atoms with Gasteiger partial charge in [-0.1, -0.05) is 35.8 Å². The Morgan fingerprint density at radius 2 is 1.46 bits per heavy atom. The zero-order chi connectivity index (χ0) is 33.0. The summed E-state index contributed by atoms with van der Waals surface area (Å²) in [5, 5.41) is 7.38. The van der Waals surface area contributed by atoms with Crippen LogP contribution in [-0.2, 0) is 21.1 Å². The summed E-state index contributed by atoms with van der Waals surface area (Å²) in [5.41, 5.74) is 9.91. The molecule has 7 nitrogen and oxygen atoms in total. The van der Waals surface area contributed by atoms with Gasteiger partial charge in [0.1, 0.15) is 11.6 Å². The van der Waals surface area contributed by atoms with E-state index in [9.17, 15) is 0 Å². The Morgan fingerprint density at radius 1 is 0.708 bits per heavy atom. The molecule has 7 aromatic rings. The average Bonchev–Trinajstić information content (AvgIpc) is 3.60. The number of benzene rings is 4. The number of anilines is 2. The van der Waals surface area contributed by atoms with Crippen molar-refractivity contribution in [3.63, 3.8) is 0 Å². The second-order valence-corrected chi connectivity index (χ2v) is 12.6. The molecule has 0 radical (unpaired) electrons. The van der Waals surface area contributed by atoms with Crippen LogP contribution in [0.2, 0.25) is 0 Å². The van der Waals surface area contributed by atoms with Gasteiger partial charge in [0.25, 0.3) is 0 Å². The Balaban J connectivity index is 0.00000401. The summed E-state index contributed by atoms with van der Waals surface area (Å²) >= 11 is 0. The molecular weight excluding hydrogens is 776 g/mol. The monoisotopic (exact) mass is 813 g/mol. The van der Waals surface area contributed by atoms with E-state index in [1.165, 1.54) is 22.3 Å². The van der Waals surface area contributed by atoms with Crippen LogP contribution in [0.4, 0.5) is 11.6 Å². The van der Waals surface area contributed by atoms with Crippen molar-refractivity contribution in [1.29, 1.82) is 0 Å². The molecule has 0 bridgehead atoms. The Morgan fingerprint density at radius 3 is 2.21 bits per heavy atom. The molecule has 48 heavy (non-hydrogen) atoms. The molecule has 0 amide bonds. The molecule has 0 aliphatic carbocycles. The van der Waals surface area contributed by atoms with Gasteiger partial charge in [-0.25, -0.2) is 9.67 Å². The number of aromatic nitrogens is 4. The van der Waals surface area contributed by atoms with E-state index in [2.05, 4.69) is 117 Å². The zero-order valence-electron chi connectivity index (χ0n) is 28.5. The predicted molar refractivity (Wildman–Crippen MR) is 193 cm³/mol. The number of hydrogen-bond donors (Lipinski definition) is 0. The number of hydrogen-bond acceptors (Lipinski definition) is 5. The van der Waals surface area contributed by atoms with E-state index >= 15 is 0 Å². The van der Waals surface area contributed by atoms with Gasteiger partial charge >= 0.3 is 21.1 Å². The number of nitrogens with zero attached hydrogens (tertiary/aromatic N) is 6. The third kappa shape index (κ3) is 5.66. The summed E-state index contributed by atoms with van der Waals surface area (Å²) in [6.45, 7) is 8.60. The van der Waals surface area contributed by atoms with Crippen molar-refractivity contribution in [3.05, 3.63) is 119 Å². The molecule has 0 fully saturated rings. The smallest absolute Gasteiger partial charge is 0.509 e. The van der Waals surface area contributed by atoms with Crippen molar-refractivity contribution >= 4 is 33.4 Å². The molecule has 0 aliphatic rings. The molecule has 0 unspecified atom stereocenters. The van der Waals surface area contributed by atoms with E-state index in [4.69, 9.17) is 14.8 Å². The molecule has 0 spiro atoms. The van der Waals surface area contributed by atoms with E-state index in [0.29, 0.717) is 11.5 Å². The van der Waals surface area contributed by atoms with E-state index in [-0.39, 0.29) is 21.1 Å². The van der Waals surface area contributed by atoms with Gasteiger partial charge in [-0.05, 0) is 84.8 Å². The first-order valence-electron chi connectivity index (χ1n) is 15.8. The van der Waals surface area contributed by atoms with E-state index in [0.717, 1.165) is 56.1 Å². The second kappa shape index (κ2) is 13.0. The van der Waals surface area contributed by atoms with Crippen LogP contribution < -0.4 is 14.5 Å². The summed E-state index contributed by atoms with van der Waals surface area (Å²) in [5.74, 6) is 3.88. The molecule has 4 aromatic carbocycles. The van der Waals surface area contributed by atoms with Crippen molar-refractivity contribution in [3.8, 4) is 34.1 Å². The summed E-state index contributed by atoms with van der Waals surface area (Å²) in [6.07, 6.45) is 1.85. The van der Waals surface area contributed by atoms with Crippen molar-refractivity contribution < 1.29 is 25.8 Å². The first-order chi connectivity index (χ1) is 22.6. The summed E-state index contributed by atoms with van der Waals surface area (Å²) in [6, 6.07) is 33.9. The van der Waals surface area contributed by atoms with Crippen LogP contribution in [0, 0.1) is 39.8 Å². The van der Waals surface area contributed by atoms with Crippen LogP contribution in [0.3, 0.4) is 0 Å². The Kier molecular flexibility index (Phi) is 8.93. The van der Waals surface area contributed by atoms with Gasteiger partial charge in [0.2, 0.25) is 0 Å². The third-order valence-electron chi connectivity index (χ3n) is 8.77. The van der Waals surface area contributed by atoms with Crippen LogP contribution in [-0.4, -0.2) is 47.5 Å². The van der Waals surface area contributed by atoms with Gasteiger partial charge in [-0.15, -0.1) is 40.8 Å².